The van der Waals surface area contributed by atoms with Crippen LogP contribution in [-0.4, -0.2) is 34.9 Å². The second-order valence-corrected chi connectivity index (χ2v) is 13.3. The van der Waals surface area contributed by atoms with Crippen LogP contribution in [0.15, 0.2) is 48.6 Å². The maximum absolute atomic E-state index is 12.3. The number of rotatable bonds is 35. The van der Waals surface area contributed by atoms with Crippen LogP contribution in [0.3, 0.4) is 0 Å². The third kappa shape index (κ3) is 33.7. The molecule has 4 heteroatoms. The summed E-state index contributed by atoms with van der Waals surface area (Å²) in [6.07, 6.45) is 50.6. The molecule has 1 amide bonds. The van der Waals surface area contributed by atoms with Crippen molar-refractivity contribution in [1.82, 2.24) is 5.32 Å². The van der Waals surface area contributed by atoms with Gasteiger partial charge in [-0.2, -0.15) is 0 Å². The Hall–Kier alpha value is -1.65. The minimum absolute atomic E-state index is 0.0768. The van der Waals surface area contributed by atoms with Crippen molar-refractivity contribution in [2.75, 3.05) is 6.61 Å². The molecule has 4 nitrogen and oxygen atoms in total. The topological polar surface area (TPSA) is 69.6 Å². The van der Waals surface area contributed by atoms with Crippen molar-refractivity contribution >= 4 is 5.91 Å². The Morgan fingerprint density at radius 1 is 0.543 bits per heavy atom. The summed E-state index contributed by atoms with van der Waals surface area (Å²) in [7, 11) is 0. The summed E-state index contributed by atoms with van der Waals surface area (Å²) in [4.78, 5) is 12.3. The third-order valence-electron chi connectivity index (χ3n) is 8.80. The first kappa shape index (κ1) is 44.4. The molecule has 3 N–H and O–H groups in total. The summed E-state index contributed by atoms with van der Waals surface area (Å²) in [5.74, 6) is -0.0768. The van der Waals surface area contributed by atoms with Gasteiger partial charge >= 0.3 is 0 Å². The van der Waals surface area contributed by atoms with Gasteiger partial charge in [-0.3, -0.25) is 4.79 Å². The van der Waals surface area contributed by atoms with Crippen LogP contribution in [-0.2, 0) is 4.79 Å². The van der Waals surface area contributed by atoms with Crippen LogP contribution in [0.2, 0.25) is 0 Å². The van der Waals surface area contributed by atoms with Gasteiger partial charge in [0, 0.05) is 6.42 Å². The lowest BCUT2D eigenvalue weighted by Crippen LogP contribution is -2.45. The molecule has 0 aromatic carbocycles. The lowest BCUT2D eigenvalue weighted by Gasteiger charge is -2.19. The van der Waals surface area contributed by atoms with Crippen molar-refractivity contribution in [2.24, 2.45) is 0 Å². The molecule has 0 heterocycles. The smallest absolute Gasteiger partial charge is 0.220 e. The highest BCUT2D eigenvalue weighted by molar-refractivity contribution is 5.76. The van der Waals surface area contributed by atoms with Crippen LogP contribution in [0.1, 0.15) is 194 Å². The third-order valence-corrected chi connectivity index (χ3v) is 8.80. The molecule has 0 aromatic rings. The van der Waals surface area contributed by atoms with E-state index in [2.05, 4.69) is 55.6 Å². The maximum atomic E-state index is 12.3. The van der Waals surface area contributed by atoms with Gasteiger partial charge in [0.05, 0.1) is 18.8 Å². The number of amides is 1. The highest BCUT2D eigenvalue weighted by Gasteiger charge is 2.17. The summed E-state index contributed by atoms with van der Waals surface area (Å²) in [5.41, 5.74) is 0. The lowest BCUT2D eigenvalue weighted by atomic mass is 10.0. The second kappa shape index (κ2) is 37.8. The molecule has 0 aliphatic rings. The number of aliphatic hydroxyl groups excluding tert-OH is 2. The van der Waals surface area contributed by atoms with Gasteiger partial charge in [0.2, 0.25) is 5.91 Å². The molecule has 268 valence electrons. The van der Waals surface area contributed by atoms with Crippen molar-refractivity contribution in [3.8, 4) is 0 Å². The fraction of sp³-hybridized carbons (Fsp3) is 0.786. The SMILES string of the molecule is CC/C=C\C/C=C\CCCCCCCCCCCCCCCCC(=O)NC(CO)C(O)/C=C/CC/C=C/CCCCCCCCC. The zero-order valence-electron chi connectivity index (χ0n) is 30.6. The van der Waals surface area contributed by atoms with Crippen LogP contribution < -0.4 is 5.32 Å². The van der Waals surface area contributed by atoms with Crippen molar-refractivity contribution < 1.29 is 15.0 Å². The average Bonchev–Trinajstić information content (AvgIpc) is 3.06. The van der Waals surface area contributed by atoms with E-state index in [9.17, 15) is 15.0 Å². The van der Waals surface area contributed by atoms with Gasteiger partial charge in [-0.05, 0) is 57.8 Å². The molecular weight excluding hydrogens is 566 g/mol. The predicted molar refractivity (Wildman–Crippen MR) is 202 cm³/mol. The molecule has 0 saturated heterocycles. The molecule has 0 saturated carbocycles. The van der Waals surface area contributed by atoms with Gasteiger partial charge in [0.15, 0.2) is 0 Å². The summed E-state index contributed by atoms with van der Waals surface area (Å²) in [6, 6.07) is -0.637. The van der Waals surface area contributed by atoms with E-state index in [1.807, 2.05) is 6.08 Å². The van der Waals surface area contributed by atoms with Gasteiger partial charge in [0.1, 0.15) is 0 Å². The summed E-state index contributed by atoms with van der Waals surface area (Å²) in [6.45, 7) is 4.18. The van der Waals surface area contributed by atoms with Gasteiger partial charge in [-0.25, -0.2) is 0 Å². The van der Waals surface area contributed by atoms with E-state index < -0.39 is 12.1 Å². The normalized spacial score (nSPS) is 13.6. The van der Waals surface area contributed by atoms with E-state index >= 15 is 0 Å². The van der Waals surface area contributed by atoms with Crippen LogP contribution in [0, 0.1) is 0 Å². The molecule has 2 unspecified atom stereocenters. The minimum atomic E-state index is -0.860. The zero-order valence-corrected chi connectivity index (χ0v) is 30.6. The summed E-state index contributed by atoms with van der Waals surface area (Å²) < 4.78 is 0. The largest absolute Gasteiger partial charge is 0.394 e. The molecule has 0 aliphatic heterocycles. The van der Waals surface area contributed by atoms with Crippen LogP contribution >= 0.6 is 0 Å². The molecule has 2 atom stereocenters. The molecule has 0 aliphatic carbocycles. The number of hydrogen-bond donors (Lipinski definition) is 3. The Balaban J connectivity index is 3.59. The number of carbonyl (C=O) groups is 1. The van der Waals surface area contributed by atoms with Gasteiger partial charge in [0.25, 0.3) is 0 Å². The summed E-state index contributed by atoms with van der Waals surface area (Å²) >= 11 is 0. The highest BCUT2D eigenvalue weighted by Crippen LogP contribution is 2.14. The Labute approximate surface area is 286 Å². The number of nitrogens with one attached hydrogen (secondary N) is 1. The first-order valence-corrected chi connectivity index (χ1v) is 19.9. The molecule has 0 aromatic heterocycles. The Morgan fingerprint density at radius 3 is 1.50 bits per heavy atom. The minimum Gasteiger partial charge on any atom is -0.394 e. The van der Waals surface area contributed by atoms with E-state index in [0.29, 0.717) is 6.42 Å². The van der Waals surface area contributed by atoms with Crippen molar-refractivity contribution in [3.05, 3.63) is 48.6 Å². The van der Waals surface area contributed by atoms with E-state index in [1.54, 1.807) is 6.08 Å². The number of unbranched alkanes of at least 4 members (excludes halogenated alkanes) is 22. The predicted octanol–water partition coefficient (Wildman–Crippen LogP) is 12.0. The van der Waals surface area contributed by atoms with Crippen LogP contribution in [0.25, 0.3) is 0 Å². The van der Waals surface area contributed by atoms with Gasteiger partial charge < -0.3 is 15.5 Å². The number of carbonyl (C=O) groups excluding carboxylic acids is 1. The lowest BCUT2D eigenvalue weighted by molar-refractivity contribution is -0.123. The Bertz CT molecular complexity index is 741. The second-order valence-electron chi connectivity index (χ2n) is 13.3. The number of hydrogen-bond acceptors (Lipinski definition) is 3. The highest BCUT2D eigenvalue weighted by atomic mass is 16.3. The first-order chi connectivity index (χ1) is 22.7. The Kier molecular flexibility index (Phi) is 36.4. The van der Waals surface area contributed by atoms with Gasteiger partial charge in [-0.15, -0.1) is 0 Å². The van der Waals surface area contributed by atoms with Crippen molar-refractivity contribution in [3.63, 3.8) is 0 Å². The molecule has 46 heavy (non-hydrogen) atoms. The molecule has 0 fully saturated rings. The molecular formula is C42H77NO3. The Morgan fingerprint density at radius 2 is 0.978 bits per heavy atom. The van der Waals surface area contributed by atoms with E-state index in [1.165, 1.54) is 128 Å². The summed E-state index contributed by atoms with van der Waals surface area (Å²) in [5, 5.41) is 22.9. The van der Waals surface area contributed by atoms with E-state index in [4.69, 9.17) is 0 Å². The number of aliphatic hydroxyl groups is 2. The quantitative estimate of drug-likeness (QED) is 0.0475. The van der Waals surface area contributed by atoms with E-state index in [0.717, 1.165) is 44.9 Å². The van der Waals surface area contributed by atoms with Gasteiger partial charge in [-0.1, -0.05) is 178 Å². The molecule has 0 spiro atoms. The van der Waals surface area contributed by atoms with Crippen molar-refractivity contribution in [2.45, 2.75) is 206 Å². The zero-order chi connectivity index (χ0) is 33.6. The standard InChI is InChI=1S/C42H77NO3/c1-3-5-7-9-11-13-15-17-18-19-20-21-22-23-24-26-28-30-32-34-36-38-42(46)43-40(39-44)41(45)37-35-33-31-29-27-25-16-14-12-10-8-6-4-2/h5,7,11,13,27,29,35,37,40-41,44-45H,3-4,6,8-10,12,14-26,28,30-34,36,38-39H2,1-2H3,(H,43,46)/b7-5-,13-11-,29-27+,37-35+. The average molecular weight is 644 g/mol. The number of allylic oxidation sites excluding steroid dienone is 7. The molecule has 0 radical (unpaired) electrons. The molecule has 0 rings (SSSR count). The maximum Gasteiger partial charge on any atom is 0.220 e. The molecule has 0 bridgehead atoms. The van der Waals surface area contributed by atoms with Crippen LogP contribution in [0.5, 0.6) is 0 Å². The van der Waals surface area contributed by atoms with E-state index in [-0.39, 0.29) is 12.5 Å². The van der Waals surface area contributed by atoms with Crippen molar-refractivity contribution in [1.29, 1.82) is 0 Å². The fourth-order valence-corrected chi connectivity index (χ4v) is 5.76. The fourth-order valence-electron chi connectivity index (χ4n) is 5.76. The first-order valence-electron chi connectivity index (χ1n) is 19.9. The monoisotopic (exact) mass is 644 g/mol. The van der Waals surface area contributed by atoms with Crippen LogP contribution in [0.4, 0.5) is 0 Å².